The summed E-state index contributed by atoms with van der Waals surface area (Å²) in [5.41, 5.74) is 0. The van der Waals surface area contributed by atoms with Crippen molar-refractivity contribution in [3.05, 3.63) is 0 Å². The molecule has 0 spiro atoms. The monoisotopic (exact) mass is 264 g/mol. The molecule has 19 heavy (non-hydrogen) atoms. The quantitative estimate of drug-likeness (QED) is 0.817. The maximum atomic E-state index is 3.75. The zero-order valence-electron chi connectivity index (χ0n) is 12.7. The Morgan fingerprint density at radius 2 is 1.84 bits per heavy atom. The Labute approximate surface area is 119 Å². The lowest BCUT2D eigenvalue weighted by atomic mass is 9.83. The van der Waals surface area contributed by atoms with Crippen LogP contribution in [0.5, 0.6) is 0 Å². The molecule has 1 heterocycles. The molecule has 2 nitrogen and oxygen atoms in total. The lowest BCUT2D eigenvalue weighted by Crippen LogP contribution is -2.49. The summed E-state index contributed by atoms with van der Waals surface area (Å²) in [6.07, 6.45) is 14.5. The summed E-state index contributed by atoms with van der Waals surface area (Å²) in [6, 6.07) is 2.65. The lowest BCUT2D eigenvalue weighted by molar-refractivity contribution is 0.104. The van der Waals surface area contributed by atoms with Gasteiger partial charge in [-0.25, -0.2) is 0 Å². The second-order valence-corrected chi connectivity index (χ2v) is 7.17. The third kappa shape index (κ3) is 3.72. The number of rotatable bonds is 5. The first-order valence-electron chi connectivity index (χ1n) is 8.86. The van der Waals surface area contributed by atoms with E-state index in [0.29, 0.717) is 0 Å². The van der Waals surface area contributed by atoms with Gasteiger partial charge in [0.25, 0.3) is 0 Å². The van der Waals surface area contributed by atoms with Crippen molar-refractivity contribution in [2.45, 2.75) is 89.3 Å². The molecule has 3 unspecified atom stereocenters. The second-order valence-electron chi connectivity index (χ2n) is 7.17. The van der Waals surface area contributed by atoms with Crippen molar-refractivity contribution in [1.82, 2.24) is 10.2 Å². The normalized spacial score (nSPS) is 36.6. The molecule has 2 aliphatic carbocycles. The first kappa shape index (κ1) is 13.9. The van der Waals surface area contributed by atoms with Crippen LogP contribution < -0.4 is 5.32 Å². The molecule has 3 fully saturated rings. The van der Waals surface area contributed by atoms with Crippen LogP contribution in [0.2, 0.25) is 0 Å². The van der Waals surface area contributed by atoms with E-state index in [-0.39, 0.29) is 0 Å². The lowest BCUT2D eigenvalue weighted by Gasteiger charge is -2.40. The van der Waals surface area contributed by atoms with Crippen LogP contribution in [0, 0.1) is 5.92 Å². The second kappa shape index (κ2) is 6.58. The fourth-order valence-corrected chi connectivity index (χ4v) is 4.27. The fourth-order valence-electron chi connectivity index (χ4n) is 4.27. The first-order chi connectivity index (χ1) is 9.36. The summed E-state index contributed by atoms with van der Waals surface area (Å²) in [4.78, 5) is 2.92. The minimum Gasteiger partial charge on any atom is -0.313 e. The topological polar surface area (TPSA) is 15.3 Å². The molecule has 110 valence electrons. The van der Waals surface area contributed by atoms with Gasteiger partial charge >= 0.3 is 0 Å². The molecule has 0 bridgehead atoms. The van der Waals surface area contributed by atoms with Gasteiger partial charge in [0.2, 0.25) is 0 Å². The summed E-state index contributed by atoms with van der Waals surface area (Å²) in [7, 11) is 0. The van der Waals surface area contributed by atoms with Gasteiger partial charge in [0.05, 0.1) is 0 Å². The fraction of sp³-hybridized carbons (Fsp3) is 1.00. The van der Waals surface area contributed by atoms with Crippen LogP contribution in [0.4, 0.5) is 0 Å². The van der Waals surface area contributed by atoms with Gasteiger partial charge in [-0.2, -0.15) is 0 Å². The van der Waals surface area contributed by atoms with Crippen molar-refractivity contribution in [1.29, 1.82) is 0 Å². The minimum atomic E-state index is 0.788. The molecule has 1 N–H and O–H groups in total. The summed E-state index contributed by atoms with van der Waals surface area (Å²) >= 11 is 0. The van der Waals surface area contributed by atoms with E-state index in [4.69, 9.17) is 0 Å². The summed E-state index contributed by atoms with van der Waals surface area (Å²) < 4.78 is 0. The summed E-state index contributed by atoms with van der Waals surface area (Å²) in [5, 5.41) is 3.75. The van der Waals surface area contributed by atoms with E-state index >= 15 is 0 Å². The van der Waals surface area contributed by atoms with E-state index in [1.165, 1.54) is 77.3 Å². The van der Waals surface area contributed by atoms with Gasteiger partial charge in [0.15, 0.2) is 0 Å². The summed E-state index contributed by atoms with van der Waals surface area (Å²) in [6.45, 7) is 4.98. The van der Waals surface area contributed by atoms with Gasteiger partial charge in [-0.1, -0.05) is 32.6 Å². The van der Waals surface area contributed by atoms with Gasteiger partial charge in [-0.05, 0) is 51.0 Å². The molecule has 0 aromatic rings. The first-order valence-corrected chi connectivity index (χ1v) is 8.86. The molecule has 1 saturated heterocycles. The van der Waals surface area contributed by atoms with Crippen molar-refractivity contribution in [3.63, 3.8) is 0 Å². The van der Waals surface area contributed by atoms with Crippen molar-refractivity contribution < 1.29 is 0 Å². The maximum Gasteiger partial charge on any atom is 0.0195 e. The molecule has 3 aliphatic rings. The van der Waals surface area contributed by atoms with Crippen LogP contribution in [0.3, 0.4) is 0 Å². The van der Waals surface area contributed by atoms with Crippen LogP contribution in [-0.2, 0) is 0 Å². The molecule has 0 aromatic carbocycles. The van der Waals surface area contributed by atoms with Crippen molar-refractivity contribution in [3.8, 4) is 0 Å². The Hall–Kier alpha value is -0.0800. The highest BCUT2D eigenvalue weighted by atomic mass is 15.2. The maximum absolute atomic E-state index is 3.75. The van der Waals surface area contributed by atoms with E-state index in [2.05, 4.69) is 17.1 Å². The van der Waals surface area contributed by atoms with E-state index in [0.717, 1.165) is 24.0 Å². The minimum absolute atomic E-state index is 0.788. The summed E-state index contributed by atoms with van der Waals surface area (Å²) in [5.74, 6) is 1.01. The van der Waals surface area contributed by atoms with Crippen LogP contribution >= 0.6 is 0 Å². The van der Waals surface area contributed by atoms with Gasteiger partial charge in [-0.15, -0.1) is 0 Å². The molecule has 1 aliphatic heterocycles. The van der Waals surface area contributed by atoms with Crippen LogP contribution in [-0.4, -0.2) is 36.1 Å². The van der Waals surface area contributed by atoms with Crippen LogP contribution in [0.1, 0.15) is 71.1 Å². The molecule has 2 saturated carbocycles. The van der Waals surface area contributed by atoms with E-state index < -0.39 is 0 Å². The molecule has 0 amide bonds. The van der Waals surface area contributed by atoms with Crippen molar-refractivity contribution in [2.75, 3.05) is 13.1 Å². The Bertz CT molecular complexity index is 268. The largest absolute Gasteiger partial charge is 0.313 e. The average Bonchev–Trinajstić information content (AvgIpc) is 3.30. The zero-order chi connectivity index (χ0) is 13.1. The van der Waals surface area contributed by atoms with Gasteiger partial charge in [0, 0.05) is 24.7 Å². The molecular formula is C17H32N2. The molecule has 2 heteroatoms. The van der Waals surface area contributed by atoms with Gasteiger partial charge in [-0.3, -0.25) is 4.90 Å². The smallest absolute Gasteiger partial charge is 0.0195 e. The number of hydrogen-bond donors (Lipinski definition) is 1. The number of nitrogens with one attached hydrogen (secondary N) is 1. The predicted octanol–water partition coefficient (Wildman–Crippen LogP) is 3.56. The molecule has 0 radical (unpaired) electrons. The van der Waals surface area contributed by atoms with Crippen molar-refractivity contribution in [2.24, 2.45) is 5.92 Å². The standard InChI is InChI=1S/C17H32N2/c1-2-14-6-5-8-17(12-14)19(16-9-10-16)13-15-7-3-4-11-18-15/h14-18H,2-13H2,1H3. The number of piperidine rings is 1. The number of hydrogen-bond acceptors (Lipinski definition) is 2. The predicted molar refractivity (Wildman–Crippen MR) is 81.4 cm³/mol. The van der Waals surface area contributed by atoms with E-state index in [9.17, 15) is 0 Å². The van der Waals surface area contributed by atoms with Gasteiger partial charge < -0.3 is 5.32 Å². The third-order valence-electron chi connectivity index (χ3n) is 5.66. The molecule has 3 atom stereocenters. The Kier molecular flexibility index (Phi) is 4.81. The highest BCUT2D eigenvalue weighted by Gasteiger charge is 2.37. The van der Waals surface area contributed by atoms with E-state index in [1.54, 1.807) is 0 Å². The third-order valence-corrected chi connectivity index (χ3v) is 5.66. The average molecular weight is 264 g/mol. The Morgan fingerprint density at radius 1 is 0.947 bits per heavy atom. The van der Waals surface area contributed by atoms with Crippen LogP contribution in [0.15, 0.2) is 0 Å². The number of nitrogens with zero attached hydrogens (tertiary/aromatic N) is 1. The molecular weight excluding hydrogens is 232 g/mol. The van der Waals surface area contributed by atoms with Crippen LogP contribution in [0.25, 0.3) is 0 Å². The van der Waals surface area contributed by atoms with E-state index in [1.807, 2.05) is 0 Å². The molecule has 0 aromatic heterocycles. The molecule has 3 rings (SSSR count). The Morgan fingerprint density at radius 3 is 2.53 bits per heavy atom. The van der Waals surface area contributed by atoms with Crippen molar-refractivity contribution >= 4 is 0 Å². The highest BCUT2D eigenvalue weighted by Crippen LogP contribution is 2.36. The zero-order valence-corrected chi connectivity index (χ0v) is 12.7. The Balaban J connectivity index is 1.56. The SMILES string of the molecule is CCC1CCCC(N(CC2CCCCN2)C2CC2)C1. The highest BCUT2D eigenvalue weighted by molar-refractivity contribution is 4.93. The van der Waals surface area contributed by atoms with Gasteiger partial charge in [0.1, 0.15) is 0 Å².